The molecule has 0 saturated carbocycles. The predicted octanol–water partition coefficient (Wildman–Crippen LogP) is 1.62. The van der Waals surface area contributed by atoms with E-state index in [0.717, 1.165) is 0 Å². The molecule has 90 valence electrons. The van der Waals surface area contributed by atoms with Crippen LogP contribution in [0.2, 0.25) is 0 Å². The molecule has 0 fully saturated rings. The van der Waals surface area contributed by atoms with Crippen molar-refractivity contribution in [1.29, 1.82) is 0 Å². The van der Waals surface area contributed by atoms with Crippen molar-refractivity contribution < 1.29 is 14.3 Å². The number of benzene rings is 1. The molecule has 17 heavy (non-hydrogen) atoms. The minimum Gasteiger partial charge on any atom is -0.462 e. The number of hydrogen-bond acceptors (Lipinski definition) is 4. The molecule has 5 heteroatoms. The SMILES string of the molecule is CCOC(=O)c1cccc2c1NC(C)C(=O)N2. The lowest BCUT2D eigenvalue weighted by molar-refractivity contribution is -0.116. The highest BCUT2D eigenvalue weighted by atomic mass is 16.5. The number of para-hydroxylation sites is 1. The summed E-state index contributed by atoms with van der Waals surface area (Å²) in [6, 6.07) is 4.77. The van der Waals surface area contributed by atoms with Crippen LogP contribution in [0.3, 0.4) is 0 Å². The van der Waals surface area contributed by atoms with Crippen LogP contribution in [0.5, 0.6) is 0 Å². The molecular weight excluding hydrogens is 220 g/mol. The number of ether oxygens (including phenoxy) is 1. The molecular formula is C12H14N2O3. The van der Waals surface area contributed by atoms with Gasteiger partial charge < -0.3 is 15.4 Å². The molecule has 1 aliphatic rings. The molecule has 1 aromatic rings. The van der Waals surface area contributed by atoms with Gasteiger partial charge in [0.05, 0.1) is 23.5 Å². The monoisotopic (exact) mass is 234 g/mol. The first-order valence-corrected chi connectivity index (χ1v) is 5.51. The first-order valence-electron chi connectivity index (χ1n) is 5.51. The molecule has 5 nitrogen and oxygen atoms in total. The zero-order chi connectivity index (χ0) is 12.4. The third-order valence-electron chi connectivity index (χ3n) is 2.57. The number of anilines is 2. The third-order valence-corrected chi connectivity index (χ3v) is 2.57. The zero-order valence-electron chi connectivity index (χ0n) is 9.74. The summed E-state index contributed by atoms with van der Waals surface area (Å²) >= 11 is 0. The van der Waals surface area contributed by atoms with Crippen LogP contribution in [-0.4, -0.2) is 24.5 Å². The van der Waals surface area contributed by atoms with Crippen molar-refractivity contribution in [2.24, 2.45) is 0 Å². The smallest absolute Gasteiger partial charge is 0.340 e. The van der Waals surface area contributed by atoms with Gasteiger partial charge in [0.2, 0.25) is 5.91 Å². The van der Waals surface area contributed by atoms with E-state index in [2.05, 4.69) is 10.6 Å². The summed E-state index contributed by atoms with van der Waals surface area (Å²) in [6.45, 7) is 3.82. The molecule has 1 heterocycles. The summed E-state index contributed by atoms with van der Waals surface area (Å²) in [6.07, 6.45) is 0. The maximum Gasteiger partial charge on any atom is 0.340 e. The lowest BCUT2D eigenvalue weighted by Gasteiger charge is -2.25. The van der Waals surface area contributed by atoms with E-state index in [4.69, 9.17) is 4.74 Å². The molecule has 0 spiro atoms. The largest absolute Gasteiger partial charge is 0.462 e. The maximum atomic E-state index is 11.7. The second kappa shape index (κ2) is 4.45. The van der Waals surface area contributed by atoms with E-state index in [1.807, 2.05) is 0 Å². The average molecular weight is 234 g/mol. The Morgan fingerprint density at radius 2 is 2.24 bits per heavy atom. The lowest BCUT2D eigenvalue weighted by atomic mass is 10.1. The van der Waals surface area contributed by atoms with Crippen molar-refractivity contribution in [2.75, 3.05) is 17.2 Å². The van der Waals surface area contributed by atoms with Crippen LogP contribution >= 0.6 is 0 Å². The van der Waals surface area contributed by atoms with Crippen molar-refractivity contribution in [3.05, 3.63) is 23.8 Å². The Bertz CT molecular complexity index is 471. The summed E-state index contributed by atoms with van der Waals surface area (Å²) in [5.41, 5.74) is 1.67. The van der Waals surface area contributed by atoms with Crippen molar-refractivity contribution in [3.8, 4) is 0 Å². The number of nitrogens with one attached hydrogen (secondary N) is 2. The summed E-state index contributed by atoms with van der Waals surface area (Å²) in [5, 5.41) is 5.74. The quantitative estimate of drug-likeness (QED) is 0.763. The second-order valence-corrected chi connectivity index (χ2v) is 3.80. The molecule has 1 unspecified atom stereocenters. The number of carbonyl (C=O) groups is 2. The molecule has 2 rings (SSSR count). The van der Waals surface area contributed by atoms with Crippen LogP contribution in [0.1, 0.15) is 24.2 Å². The van der Waals surface area contributed by atoms with Gasteiger partial charge >= 0.3 is 5.97 Å². The molecule has 1 amide bonds. The molecule has 0 aliphatic carbocycles. The van der Waals surface area contributed by atoms with E-state index in [0.29, 0.717) is 23.5 Å². The van der Waals surface area contributed by atoms with Gasteiger partial charge in [-0.1, -0.05) is 6.07 Å². The maximum absolute atomic E-state index is 11.7. The molecule has 1 atom stereocenters. The predicted molar refractivity (Wildman–Crippen MR) is 64.1 cm³/mol. The van der Waals surface area contributed by atoms with Crippen molar-refractivity contribution in [1.82, 2.24) is 0 Å². The van der Waals surface area contributed by atoms with Crippen LogP contribution < -0.4 is 10.6 Å². The van der Waals surface area contributed by atoms with E-state index in [9.17, 15) is 9.59 Å². The molecule has 0 aromatic heterocycles. The second-order valence-electron chi connectivity index (χ2n) is 3.80. The Labute approximate surface area is 99.2 Å². The van der Waals surface area contributed by atoms with E-state index < -0.39 is 0 Å². The van der Waals surface area contributed by atoms with Gasteiger partial charge in [-0.2, -0.15) is 0 Å². The Balaban J connectivity index is 2.40. The number of amides is 1. The first kappa shape index (κ1) is 11.4. The fourth-order valence-electron chi connectivity index (χ4n) is 1.71. The van der Waals surface area contributed by atoms with Crippen LogP contribution in [0, 0.1) is 0 Å². The Morgan fingerprint density at radius 1 is 1.47 bits per heavy atom. The highest BCUT2D eigenvalue weighted by Crippen LogP contribution is 2.30. The number of fused-ring (bicyclic) bond motifs is 1. The Morgan fingerprint density at radius 3 is 2.94 bits per heavy atom. The number of esters is 1. The van der Waals surface area contributed by atoms with Crippen LogP contribution in [0.4, 0.5) is 11.4 Å². The molecule has 0 bridgehead atoms. The van der Waals surface area contributed by atoms with Crippen molar-refractivity contribution in [2.45, 2.75) is 19.9 Å². The fourth-order valence-corrected chi connectivity index (χ4v) is 1.71. The van der Waals surface area contributed by atoms with Gasteiger partial charge in [-0.15, -0.1) is 0 Å². The van der Waals surface area contributed by atoms with Crippen LogP contribution in [-0.2, 0) is 9.53 Å². The standard InChI is InChI=1S/C12H14N2O3/c1-3-17-12(16)8-5-4-6-9-10(8)13-7(2)11(15)14-9/h4-7,13H,3H2,1-2H3,(H,14,15). The first-order chi connectivity index (χ1) is 8.13. The molecule has 1 aromatic carbocycles. The van der Waals surface area contributed by atoms with Gasteiger partial charge in [0.1, 0.15) is 6.04 Å². The van der Waals surface area contributed by atoms with Crippen LogP contribution in [0.15, 0.2) is 18.2 Å². The minimum absolute atomic E-state index is 0.112. The normalized spacial score (nSPS) is 17.8. The summed E-state index contributed by atoms with van der Waals surface area (Å²) in [7, 11) is 0. The van der Waals surface area contributed by atoms with Gasteiger partial charge in [-0.3, -0.25) is 4.79 Å². The van der Waals surface area contributed by atoms with Crippen molar-refractivity contribution >= 4 is 23.3 Å². The highest BCUT2D eigenvalue weighted by Gasteiger charge is 2.25. The molecule has 0 radical (unpaired) electrons. The average Bonchev–Trinajstić information content (AvgIpc) is 2.30. The van der Waals surface area contributed by atoms with Gasteiger partial charge in [0, 0.05) is 0 Å². The van der Waals surface area contributed by atoms with Crippen LogP contribution in [0.25, 0.3) is 0 Å². The zero-order valence-corrected chi connectivity index (χ0v) is 9.74. The molecule has 1 aliphatic heterocycles. The van der Waals surface area contributed by atoms with Gasteiger partial charge in [-0.25, -0.2) is 4.79 Å². The fraction of sp³-hybridized carbons (Fsp3) is 0.333. The van der Waals surface area contributed by atoms with Gasteiger partial charge in [0.25, 0.3) is 0 Å². The molecule has 0 saturated heterocycles. The van der Waals surface area contributed by atoms with Gasteiger partial charge in [-0.05, 0) is 26.0 Å². The van der Waals surface area contributed by atoms with E-state index in [1.54, 1.807) is 32.0 Å². The minimum atomic E-state index is -0.389. The summed E-state index contributed by atoms with van der Waals surface area (Å²) in [4.78, 5) is 23.2. The lowest BCUT2D eigenvalue weighted by Crippen LogP contribution is -2.37. The third kappa shape index (κ3) is 2.08. The van der Waals surface area contributed by atoms with E-state index in [-0.39, 0.29) is 17.9 Å². The highest BCUT2D eigenvalue weighted by molar-refractivity contribution is 6.08. The summed E-state index contributed by atoms with van der Waals surface area (Å²) in [5.74, 6) is -0.501. The molecule has 2 N–H and O–H groups in total. The Hall–Kier alpha value is -2.04. The number of rotatable bonds is 2. The Kier molecular flexibility index (Phi) is 2.99. The van der Waals surface area contributed by atoms with E-state index in [1.165, 1.54) is 0 Å². The number of hydrogen-bond donors (Lipinski definition) is 2. The topological polar surface area (TPSA) is 67.4 Å². The van der Waals surface area contributed by atoms with E-state index >= 15 is 0 Å². The van der Waals surface area contributed by atoms with Crippen molar-refractivity contribution in [3.63, 3.8) is 0 Å². The van der Waals surface area contributed by atoms with Gasteiger partial charge in [0.15, 0.2) is 0 Å². The number of carbonyl (C=O) groups excluding carboxylic acids is 2. The summed E-state index contributed by atoms with van der Waals surface area (Å²) < 4.78 is 4.96.